The van der Waals surface area contributed by atoms with E-state index in [0.29, 0.717) is 36.1 Å². The zero-order valence-electron chi connectivity index (χ0n) is 16.1. The molecule has 2 aromatic rings. The Labute approximate surface area is 174 Å². The molecule has 2 heterocycles. The Hall–Kier alpha value is -2.25. The maximum Gasteiger partial charge on any atom is 0.247 e. The van der Waals surface area contributed by atoms with Gasteiger partial charge in [-0.25, -0.2) is 0 Å². The van der Waals surface area contributed by atoms with E-state index in [4.69, 9.17) is 16.0 Å². The van der Waals surface area contributed by atoms with Gasteiger partial charge in [0.15, 0.2) is 0 Å². The van der Waals surface area contributed by atoms with Crippen molar-refractivity contribution in [2.24, 2.45) is 11.8 Å². The Bertz CT molecular complexity index is 900. The van der Waals surface area contributed by atoms with E-state index in [1.807, 2.05) is 12.1 Å². The molecule has 1 aliphatic heterocycles. The lowest BCUT2D eigenvalue weighted by atomic mass is 9.81. The monoisotopic (exact) mass is 414 g/mol. The van der Waals surface area contributed by atoms with Crippen LogP contribution >= 0.6 is 11.6 Å². The van der Waals surface area contributed by atoms with Crippen molar-refractivity contribution in [2.45, 2.75) is 51.1 Å². The third kappa shape index (κ3) is 3.69. The third-order valence-corrected chi connectivity index (χ3v) is 6.47. The largest absolute Gasteiger partial charge is 0.419 e. The lowest BCUT2D eigenvalue weighted by Crippen LogP contribution is -2.42. The molecule has 5 rings (SSSR count). The van der Waals surface area contributed by atoms with Gasteiger partial charge in [0.05, 0.1) is 25.0 Å². The molecule has 3 aliphatic rings. The summed E-state index contributed by atoms with van der Waals surface area (Å²) in [6, 6.07) is 7.58. The minimum Gasteiger partial charge on any atom is -0.419 e. The van der Waals surface area contributed by atoms with Gasteiger partial charge in [-0.3, -0.25) is 19.4 Å². The molecule has 152 valence electrons. The summed E-state index contributed by atoms with van der Waals surface area (Å²) in [7, 11) is 0. The summed E-state index contributed by atoms with van der Waals surface area (Å²) < 4.78 is 5.84. The molecule has 1 saturated heterocycles. The quantitative estimate of drug-likeness (QED) is 0.673. The van der Waals surface area contributed by atoms with Crippen molar-refractivity contribution < 1.29 is 14.0 Å². The van der Waals surface area contributed by atoms with Crippen LogP contribution < -0.4 is 0 Å². The zero-order chi connectivity index (χ0) is 20.0. The SMILES string of the molecule is O=C1[C@H]2CCCC[C@@H]2C(=O)N1CN(Cc1nnc(-c2ccc(Cl)cc2)o1)C1CC1. The molecule has 1 aromatic carbocycles. The highest BCUT2D eigenvalue weighted by molar-refractivity contribution is 6.30. The highest BCUT2D eigenvalue weighted by Crippen LogP contribution is 2.39. The molecule has 8 heteroatoms. The number of likely N-dealkylation sites (tertiary alicyclic amines) is 1. The van der Waals surface area contributed by atoms with Gasteiger partial charge in [0.25, 0.3) is 0 Å². The standard InChI is InChI=1S/C21H23ClN4O3/c22-14-7-5-13(6-8-14)19-24-23-18(29-19)11-25(15-9-10-15)12-26-20(27)16-3-1-2-4-17(16)21(26)28/h5-8,15-17H,1-4,9-12H2/t16-,17-/m0/s1. The van der Waals surface area contributed by atoms with Crippen LogP contribution in [0.5, 0.6) is 0 Å². The van der Waals surface area contributed by atoms with Crippen molar-refractivity contribution in [2.75, 3.05) is 6.67 Å². The maximum atomic E-state index is 12.8. The van der Waals surface area contributed by atoms with Crippen molar-refractivity contribution in [1.29, 1.82) is 0 Å². The van der Waals surface area contributed by atoms with Crippen LogP contribution in [-0.2, 0) is 16.1 Å². The van der Waals surface area contributed by atoms with Crippen LogP contribution in [0.15, 0.2) is 28.7 Å². The van der Waals surface area contributed by atoms with Crippen LogP contribution in [0.4, 0.5) is 0 Å². The average Bonchev–Trinajstić information content (AvgIpc) is 3.44. The van der Waals surface area contributed by atoms with Crippen LogP contribution in [0, 0.1) is 11.8 Å². The van der Waals surface area contributed by atoms with Crippen molar-refractivity contribution in [3.63, 3.8) is 0 Å². The fourth-order valence-electron chi connectivity index (χ4n) is 4.49. The average molecular weight is 415 g/mol. The van der Waals surface area contributed by atoms with E-state index in [0.717, 1.165) is 44.1 Å². The number of carbonyl (C=O) groups is 2. The number of benzene rings is 1. The molecule has 7 nitrogen and oxygen atoms in total. The van der Waals surface area contributed by atoms with Crippen molar-refractivity contribution in [3.8, 4) is 11.5 Å². The molecule has 3 fully saturated rings. The van der Waals surface area contributed by atoms with Gasteiger partial charge >= 0.3 is 0 Å². The summed E-state index contributed by atoms with van der Waals surface area (Å²) in [4.78, 5) is 29.2. The summed E-state index contributed by atoms with van der Waals surface area (Å²) >= 11 is 5.93. The van der Waals surface area contributed by atoms with Crippen molar-refractivity contribution in [3.05, 3.63) is 35.2 Å². The first-order valence-corrected chi connectivity index (χ1v) is 10.7. The summed E-state index contributed by atoms with van der Waals surface area (Å²) in [6.07, 6.45) is 5.86. The molecule has 0 bridgehead atoms. The molecule has 2 amide bonds. The Morgan fingerprint density at radius 1 is 1.00 bits per heavy atom. The molecular weight excluding hydrogens is 392 g/mol. The predicted octanol–water partition coefficient (Wildman–Crippen LogP) is 3.49. The number of fused-ring (bicyclic) bond motifs is 1. The molecule has 0 spiro atoms. The van der Waals surface area contributed by atoms with Crippen LogP contribution in [-0.4, -0.2) is 44.5 Å². The second-order valence-corrected chi connectivity index (χ2v) is 8.67. The lowest BCUT2D eigenvalue weighted by molar-refractivity contribution is -0.142. The Balaban J connectivity index is 1.30. The molecule has 1 aromatic heterocycles. The summed E-state index contributed by atoms with van der Waals surface area (Å²) in [5.41, 5.74) is 0.806. The van der Waals surface area contributed by atoms with E-state index in [9.17, 15) is 9.59 Å². The number of imide groups is 1. The Morgan fingerprint density at radius 3 is 2.28 bits per heavy atom. The van der Waals surface area contributed by atoms with Gasteiger partial charge in [0, 0.05) is 16.6 Å². The van der Waals surface area contributed by atoms with Gasteiger partial charge in [-0.2, -0.15) is 0 Å². The number of nitrogens with zero attached hydrogens (tertiary/aromatic N) is 4. The second-order valence-electron chi connectivity index (χ2n) is 8.23. The number of carbonyl (C=O) groups excluding carboxylic acids is 2. The number of rotatable bonds is 6. The molecule has 0 radical (unpaired) electrons. The Morgan fingerprint density at radius 2 is 1.66 bits per heavy atom. The van der Waals surface area contributed by atoms with Gasteiger partial charge in [0.2, 0.25) is 23.6 Å². The molecule has 2 atom stereocenters. The normalized spacial score (nSPS) is 24.4. The predicted molar refractivity (Wildman–Crippen MR) is 105 cm³/mol. The van der Waals surface area contributed by atoms with E-state index in [1.54, 1.807) is 12.1 Å². The van der Waals surface area contributed by atoms with E-state index in [2.05, 4.69) is 15.1 Å². The van der Waals surface area contributed by atoms with Crippen LogP contribution in [0.3, 0.4) is 0 Å². The number of aromatic nitrogens is 2. The second kappa shape index (κ2) is 7.54. The topological polar surface area (TPSA) is 79.5 Å². The first kappa shape index (κ1) is 18.8. The maximum absolute atomic E-state index is 12.8. The molecule has 2 aliphatic carbocycles. The molecule has 29 heavy (non-hydrogen) atoms. The summed E-state index contributed by atoms with van der Waals surface area (Å²) in [6.45, 7) is 0.742. The third-order valence-electron chi connectivity index (χ3n) is 6.22. The van der Waals surface area contributed by atoms with Gasteiger partial charge < -0.3 is 4.42 Å². The molecular formula is C21H23ClN4O3. The fraction of sp³-hybridized carbons (Fsp3) is 0.524. The number of hydrogen-bond donors (Lipinski definition) is 0. The van der Waals surface area contributed by atoms with Crippen molar-refractivity contribution in [1.82, 2.24) is 20.0 Å². The zero-order valence-corrected chi connectivity index (χ0v) is 16.8. The minimum absolute atomic E-state index is 0.00210. The van der Waals surface area contributed by atoms with Crippen LogP contribution in [0.25, 0.3) is 11.5 Å². The van der Waals surface area contributed by atoms with Crippen LogP contribution in [0.1, 0.15) is 44.4 Å². The van der Waals surface area contributed by atoms with Crippen molar-refractivity contribution >= 4 is 23.4 Å². The lowest BCUT2D eigenvalue weighted by Gasteiger charge is -2.25. The van der Waals surface area contributed by atoms with E-state index < -0.39 is 0 Å². The van der Waals surface area contributed by atoms with Gasteiger partial charge in [-0.15, -0.1) is 10.2 Å². The molecule has 2 saturated carbocycles. The Kier molecular flexibility index (Phi) is 4.87. The minimum atomic E-state index is -0.114. The molecule has 0 N–H and O–H groups in total. The number of halogens is 1. The number of hydrogen-bond acceptors (Lipinski definition) is 6. The summed E-state index contributed by atoms with van der Waals surface area (Å²) in [5.74, 6) is 0.690. The van der Waals surface area contributed by atoms with E-state index in [1.165, 1.54) is 4.90 Å². The van der Waals surface area contributed by atoms with Gasteiger partial charge in [-0.1, -0.05) is 24.4 Å². The summed E-state index contributed by atoms with van der Waals surface area (Å²) in [5, 5.41) is 8.95. The van der Waals surface area contributed by atoms with E-state index >= 15 is 0 Å². The van der Waals surface area contributed by atoms with Crippen LogP contribution in [0.2, 0.25) is 5.02 Å². The first-order chi connectivity index (χ1) is 14.1. The fourth-order valence-corrected chi connectivity index (χ4v) is 4.61. The van der Waals surface area contributed by atoms with Gasteiger partial charge in [-0.05, 0) is 49.9 Å². The highest BCUT2D eigenvalue weighted by Gasteiger charge is 2.49. The first-order valence-electron chi connectivity index (χ1n) is 10.3. The smallest absolute Gasteiger partial charge is 0.247 e. The van der Waals surface area contributed by atoms with Gasteiger partial charge in [0.1, 0.15) is 0 Å². The molecule has 0 unspecified atom stereocenters. The highest BCUT2D eigenvalue weighted by atomic mass is 35.5. The van der Waals surface area contributed by atoms with E-state index in [-0.39, 0.29) is 23.7 Å². The number of amides is 2.